The highest BCUT2D eigenvalue weighted by Crippen LogP contribution is 2.28. The topological polar surface area (TPSA) is 15.3 Å². The smallest absolute Gasteiger partial charge is 0.310 e. The number of fused-ring (bicyclic) bond motifs is 1. The molecule has 1 N–H and O–H groups in total. The third-order valence-corrected chi connectivity index (χ3v) is 2.34. The number of nitrogens with zero attached hydrogens (tertiary/aromatic N) is 1. The number of nitrogens with one attached hydrogen (secondary N) is 1. The van der Waals surface area contributed by atoms with Gasteiger partial charge in [0.2, 0.25) is 0 Å². The van der Waals surface area contributed by atoms with E-state index in [-0.39, 0.29) is 6.04 Å². The molecule has 2 nitrogen and oxygen atoms in total. The summed E-state index contributed by atoms with van der Waals surface area (Å²) in [4.78, 5) is 1.47. The van der Waals surface area contributed by atoms with Gasteiger partial charge in [0.1, 0.15) is 0 Å². The Labute approximate surface area is 62.4 Å². The van der Waals surface area contributed by atoms with E-state index in [0.717, 1.165) is 6.54 Å². The third kappa shape index (κ3) is 1.22. The molecule has 0 bridgehead atoms. The van der Waals surface area contributed by atoms with E-state index >= 15 is 0 Å². The SMILES string of the molecule is FC(F)(F)CN1C[C@H]2NCC21. The Balaban J connectivity index is 1.81. The Morgan fingerprint density at radius 3 is 2.45 bits per heavy atom. The summed E-state index contributed by atoms with van der Waals surface area (Å²) < 4.78 is 35.4. The zero-order chi connectivity index (χ0) is 8.06. The highest BCUT2D eigenvalue weighted by atomic mass is 19.4. The minimum Gasteiger partial charge on any atom is -0.310 e. The molecule has 0 aliphatic carbocycles. The number of likely N-dealkylation sites (tertiary alicyclic amines) is 1. The van der Waals surface area contributed by atoms with Crippen LogP contribution in [0.15, 0.2) is 0 Å². The van der Waals surface area contributed by atoms with Gasteiger partial charge in [-0.05, 0) is 0 Å². The van der Waals surface area contributed by atoms with Crippen LogP contribution in [0.25, 0.3) is 0 Å². The predicted molar refractivity (Wildman–Crippen MR) is 33.2 cm³/mol. The maximum Gasteiger partial charge on any atom is 0.401 e. The molecule has 0 aromatic rings. The summed E-state index contributed by atoms with van der Waals surface area (Å²) in [7, 11) is 0. The van der Waals surface area contributed by atoms with Gasteiger partial charge in [0.15, 0.2) is 0 Å². The minimum atomic E-state index is -4.03. The van der Waals surface area contributed by atoms with Gasteiger partial charge in [-0.3, -0.25) is 4.90 Å². The zero-order valence-electron chi connectivity index (χ0n) is 5.86. The molecule has 0 radical (unpaired) electrons. The second-order valence-electron chi connectivity index (χ2n) is 3.13. The van der Waals surface area contributed by atoms with Crippen molar-refractivity contribution in [1.82, 2.24) is 10.2 Å². The summed E-state index contributed by atoms with van der Waals surface area (Å²) >= 11 is 0. The second kappa shape index (κ2) is 2.10. The average Bonchev–Trinajstić information content (AvgIpc) is 1.77. The van der Waals surface area contributed by atoms with Crippen molar-refractivity contribution >= 4 is 0 Å². The highest BCUT2D eigenvalue weighted by molar-refractivity contribution is 5.06. The molecule has 2 rings (SSSR count). The molecule has 0 spiro atoms. The van der Waals surface area contributed by atoms with Crippen LogP contribution in [-0.2, 0) is 0 Å². The van der Waals surface area contributed by atoms with Gasteiger partial charge in [-0.15, -0.1) is 0 Å². The van der Waals surface area contributed by atoms with E-state index in [0.29, 0.717) is 12.6 Å². The number of alkyl halides is 3. The standard InChI is InChI=1S/C6H9F3N2/c7-6(8,9)3-11-2-4-5(11)1-10-4/h4-5,10H,1-3H2/t4-,5?/m1/s1. The van der Waals surface area contributed by atoms with E-state index < -0.39 is 12.7 Å². The van der Waals surface area contributed by atoms with Crippen LogP contribution < -0.4 is 5.32 Å². The first-order chi connectivity index (χ1) is 5.06. The first-order valence-electron chi connectivity index (χ1n) is 3.60. The molecule has 0 saturated carbocycles. The molecule has 2 saturated heterocycles. The van der Waals surface area contributed by atoms with Crippen LogP contribution in [0.5, 0.6) is 0 Å². The van der Waals surface area contributed by atoms with Crippen LogP contribution in [0.4, 0.5) is 13.2 Å². The molecule has 0 aromatic carbocycles. The van der Waals surface area contributed by atoms with Crippen molar-refractivity contribution in [3.05, 3.63) is 0 Å². The van der Waals surface area contributed by atoms with E-state index in [1.807, 2.05) is 0 Å². The molecule has 1 unspecified atom stereocenters. The van der Waals surface area contributed by atoms with Crippen LogP contribution in [0.2, 0.25) is 0 Å². The van der Waals surface area contributed by atoms with E-state index in [2.05, 4.69) is 5.32 Å². The summed E-state index contributed by atoms with van der Waals surface area (Å²) in [5.74, 6) is 0. The lowest BCUT2D eigenvalue weighted by atomic mass is 9.89. The highest BCUT2D eigenvalue weighted by Gasteiger charge is 2.48. The number of hydrogen-bond donors (Lipinski definition) is 1. The van der Waals surface area contributed by atoms with Gasteiger partial charge in [-0.1, -0.05) is 0 Å². The van der Waals surface area contributed by atoms with Gasteiger partial charge in [0.05, 0.1) is 6.54 Å². The minimum absolute atomic E-state index is 0.164. The summed E-state index contributed by atoms with van der Waals surface area (Å²) in [6, 6.07) is 0.508. The normalized spacial score (nSPS) is 37.4. The number of piperazine rings is 1. The maximum atomic E-state index is 11.8. The van der Waals surface area contributed by atoms with Gasteiger partial charge in [-0.2, -0.15) is 13.2 Å². The fourth-order valence-electron chi connectivity index (χ4n) is 1.62. The fourth-order valence-corrected chi connectivity index (χ4v) is 1.62. The van der Waals surface area contributed by atoms with E-state index in [9.17, 15) is 13.2 Å². The lowest BCUT2D eigenvalue weighted by Crippen LogP contribution is -2.78. The molecule has 0 aromatic heterocycles. The lowest BCUT2D eigenvalue weighted by molar-refractivity contribution is -0.175. The summed E-state index contributed by atoms with van der Waals surface area (Å²) in [5.41, 5.74) is 0. The number of hydrogen-bond acceptors (Lipinski definition) is 2. The molecule has 64 valence electrons. The van der Waals surface area contributed by atoms with Crippen molar-refractivity contribution in [2.45, 2.75) is 18.3 Å². The molecule has 2 fully saturated rings. The largest absolute Gasteiger partial charge is 0.401 e. The van der Waals surface area contributed by atoms with Crippen LogP contribution in [0, 0.1) is 0 Å². The van der Waals surface area contributed by atoms with Gasteiger partial charge in [0.25, 0.3) is 0 Å². The van der Waals surface area contributed by atoms with Crippen LogP contribution in [0.3, 0.4) is 0 Å². The Bertz CT molecular complexity index is 168. The first kappa shape index (κ1) is 7.36. The summed E-state index contributed by atoms with van der Waals surface area (Å²) in [6.07, 6.45) is -4.03. The van der Waals surface area contributed by atoms with Crippen LogP contribution in [0.1, 0.15) is 0 Å². The molecular formula is C6H9F3N2. The Hall–Kier alpha value is -0.290. The Morgan fingerprint density at radius 1 is 1.45 bits per heavy atom. The number of halogens is 3. The predicted octanol–water partition coefficient (Wildman–Crippen LogP) is 0.205. The molecule has 5 heteroatoms. The molecule has 2 atom stereocenters. The van der Waals surface area contributed by atoms with Gasteiger partial charge >= 0.3 is 6.18 Å². The van der Waals surface area contributed by atoms with Crippen molar-refractivity contribution in [2.24, 2.45) is 0 Å². The molecule has 11 heavy (non-hydrogen) atoms. The maximum absolute atomic E-state index is 11.8. The van der Waals surface area contributed by atoms with Crippen molar-refractivity contribution < 1.29 is 13.2 Å². The van der Waals surface area contributed by atoms with E-state index in [4.69, 9.17) is 0 Å². The monoisotopic (exact) mass is 166 g/mol. The molecular weight excluding hydrogens is 157 g/mol. The van der Waals surface area contributed by atoms with Gasteiger partial charge < -0.3 is 5.32 Å². The first-order valence-corrected chi connectivity index (χ1v) is 3.60. The summed E-state index contributed by atoms with van der Waals surface area (Å²) in [6.45, 7) is 0.542. The van der Waals surface area contributed by atoms with Gasteiger partial charge in [-0.25, -0.2) is 0 Å². The van der Waals surface area contributed by atoms with Crippen LogP contribution >= 0.6 is 0 Å². The average molecular weight is 166 g/mol. The third-order valence-electron chi connectivity index (χ3n) is 2.34. The fraction of sp³-hybridized carbons (Fsp3) is 1.00. The second-order valence-corrected chi connectivity index (χ2v) is 3.13. The van der Waals surface area contributed by atoms with E-state index in [1.165, 1.54) is 4.90 Å². The zero-order valence-corrected chi connectivity index (χ0v) is 5.86. The molecule has 0 amide bonds. The lowest BCUT2D eigenvalue weighted by Gasteiger charge is -2.56. The van der Waals surface area contributed by atoms with Crippen molar-refractivity contribution in [3.63, 3.8) is 0 Å². The quantitative estimate of drug-likeness (QED) is 0.598. The molecule has 2 aliphatic rings. The van der Waals surface area contributed by atoms with Gasteiger partial charge in [0, 0.05) is 25.2 Å². The Morgan fingerprint density at radius 2 is 2.18 bits per heavy atom. The van der Waals surface area contributed by atoms with E-state index in [1.54, 1.807) is 0 Å². The molecule has 2 heterocycles. The number of rotatable bonds is 1. The van der Waals surface area contributed by atoms with Crippen LogP contribution in [-0.4, -0.2) is 42.8 Å². The van der Waals surface area contributed by atoms with Crippen molar-refractivity contribution in [2.75, 3.05) is 19.6 Å². The summed E-state index contributed by atoms with van der Waals surface area (Å²) in [5, 5.41) is 3.05. The van der Waals surface area contributed by atoms with Crippen molar-refractivity contribution in [1.29, 1.82) is 0 Å². The molecule has 2 aliphatic heterocycles. The van der Waals surface area contributed by atoms with Crippen molar-refractivity contribution in [3.8, 4) is 0 Å². The Kier molecular flexibility index (Phi) is 1.41.